The lowest BCUT2D eigenvalue weighted by molar-refractivity contribution is -0.135. The fourth-order valence-electron chi connectivity index (χ4n) is 4.71. The number of esters is 1. The topological polar surface area (TPSA) is 91.2 Å². The van der Waals surface area contributed by atoms with Crippen LogP contribution in [0, 0.1) is 13.8 Å². The standard InChI is InChI=1S/C27H25N3O4S/c1-5-22-29-24-16(2)14-17(3)28-26(24)30(22)15-18-10-12-19(13-11-18)23-20-8-6-7-9-21(20)35(32,33)25(23)27(31)34-4/h6-14H,5,15H2,1-4H3. The Labute approximate surface area is 204 Å². The van der Waals surface area contributed by atoms with E-state index in [1.807, 2.05) is 44.2 Å². The van der Waals surface area contributed by atoms with Gasteiger partial charge in [0.05, 0.1) is 18.6 Å². The molecule has 35 heavy (non-hydrogen) atoms. The third-order valence-corrected chi connectivity index (χ3v) is 8.16. The van der Waals surface area contributed by atoms with E-state index < -0.39 is 15.8 Å². The summed E-state index contributed by atoms with van der Waals surface area (Å²) in [6.45, 7) is 6.67. The second kappa shape index (κ2) is 8.46. The molecule has 0 aliphatic carbocycles. The van der Waals surface area contributed by atoms with Crippen molar-refractivity contribution in [1.82, 2.24) is 14.5 Å². The number of methoxy groups -OCH3 is 1. The van der Waals surface area contributed by atoms with Crippen molar-refractivity contribution < 1.29 is 17.9 Å². The maximum atomic E-state index is 13.1. The molecule has 2 aromatic carbocycles. The van der Waals surface area contributed by atoms with Crippen LogP contribution in [0.4, 0.5) is 0 Å². The van der Waals surface area contributed by atoms with Gasteiger partial charge in [-0.25, -0.2) is 23.2 Å². The number of rotatable bonds is 5. The lowest BCUT2D eigenvalue weighted by Crippen LogP contribution is -2.13. The molecule has 3 heterocycles. The Hall–Kier alpha value is -3.78. The molecule has 178 valence electrons. The number of sulfone groups is 1. The van der Waals surface area contributed by atoms with Gasteiger partial charge in [0.2, 0.25) is 9.84 Å². The molecule has 8 heteroatoms. The van der Waals surface area contributed by atoms with E-state index in [1.54, 1.807) is 18.2 Å². The van der Waals surface area contributed by atoms with Gasteiger partial charge in [0.25, 0.3) is 0 Å². The highest BCUT2D eigenvalue weighted by atomic mass is 32.2. The van der Waals surface area contributed by atoms with Crippen LogP contribution in [0.2, 0.25) is 0 Å². The molecule has 2 aromatic heterocycles. The summed E-state index contributed by atoms with van der Waals surface area (Å²) in [7, 11) is -2.78. The van der Waals surface area contributed by atoms with E-state index in [0.29, 0.717) is 23.2 Å². The Kier molecular flexibility index (Phi) is 5.56. The van der Waals surface area contributed by atoms with E-state index in [-0.39, 0.29) is 9.80 Å². The van der Waals surface area contributed by atoms with Gasteiger partial charge >= 0.3 is 5.97 Å². The highest BCUT2D eigenvalue weighted by Gasteiger charge is 2.40. The summed E-state index contributed by atoms with van der Waals surface area (Å²) in [5.74, 6) is 0.0892. The van der Waals surface area contributed by atoms with Gasteiger partial charge in [-0.3, -0.25) is 0 Å². The lowest BCUT2D eigenvalue weighted by atomic mass is 9.96. The first-order chi connectivity index (χ1) is 16.8. The number of nitrogens with zero attached hydrogens (tertiary/aromatic N) is 3. The predicted molar refractivity (Wildman–Crippen MR) is 134 cm³/mol. The number of aryl methyl sites for hydroxylation is 3. The lowest BCUT2D eigenvalue weighted by Gasteiger charge is -2.11. The minimum atomic E-state index is -3.96. The summed E-state index contributed by atoms with van der Waals surface area (Å²) in [6.07, 6.45) is 0.775. The Balaban J connectivity index is 1.59. The molecule has 1 aliphatic heterocycles. The van der Waals surface area contributed by atoms with Crippen molar-refractivity contribution in [3.8, 4) is 0 Å². The number of carbonyl (C=O) groups is 1. The van der Waals surface area contributed by atoms with Gasteiger partial charge < -0.3 is 9.30 Å². The van der Waals surface area contributed by atoms with E-state index in [4.69, 9.17) is 14.7 Å². The van der Waals surface area contributed by atoms with Crippen LogP contribution in [-0.2, 0) is 32.3 Å². The molecule has 0 unspecified atom stereocenters. The molecule has 0 saturated carbocycles. The summed E-state index contributed by atoms with van der Waals surface area (Å²) >= 11 is 0. The van der Waals surface area contributed by atoms with Gasteiger partial charge in [-0.1, -0.05) is 49.4 Å². The summed E-state index contributed by atoms with van der Waals surface area (Å²) in [4.78, 5) is 21.9. The summed E-state index contributed by atoms with van der Waals surface area (Å²) in [6, 6.07) is 16.3. The molecule has 0 saturated heterocycles. The van der Waals surface area contributed by atoms with Gasteiger partial charge in [-0.05, 0) is 42.7 Å². The Morgan fingerprint density at radius 2 is 1.74 bits per heavy atom. The maximum absolute atomic E-state index is 13.1. The SMILES string of the molecule is CCc1nc2c(C)cc(C)nc2n1Cc1ccc(C2=C(C(=O)OC)S(=O)(=O)c3ccccc32)cc1. The van der Waals surface area contributed by atoms with Gasteiger partial charge in [-0.2, -0.15) is 0 Å². The van der Waals surface area contributed by atoms with E-state index >= 15 is 0 Å². The van der Waals surface area contributed by atoms with Crippen molar-refractivity contribution in [1.29, 1.82) is 0 Å². The molecule has 4 aromatic rings. The van der Waals surface area contributed by atoms with Crippen LogP contribution in [-0.4, -0.2) is 36.0 Å². The average molecular weight is 488 g/mol. The van der Waals surface area contributed by atoms with Crippen molar-refractivity contribution in [2.75, 3.05) is 7.11 Å². The number of fused-ring (bicyclic) bond motifs is 2. The van der Waals surface area contributed by atoms with Gasteiger partial charge in [0.15, 0.2) is 10.6 Å². The van der Waals surface area contributed by atoms with Crippen LogP contribution in [0.25, 0.3) is 16.7 Å². The highest BCUT2D eigenvalue weighted by Crippen LogP contribution is 2.43. The predicted octanol–water partition coefficient (Wildman–Crippen LogP) is 4.38. The number of aromatic nitrogens is 3. The largest absolute Gasteiger partial charge is 0.465 e. The van der Waals surface area contributed by atoms with Crippen molar-refractivity contribution >= 4 is 32.5 Å². The number of imidazole rings is 1. The van der Waals surface area contributed by atoms with Crippen molar-refractivity contribution in [2.24, 2.45) is 0 Å². The third-order valence-electron chi connectivity index (χ3n) is 6.31. The molecular formula is C27H25N3O4S. The molecule has 0 radical (unpaired) electrons. The average Bonchev–Trinajstić information content (AvgIpc) is 3.31. The molecule has 0 atom stereocenters. The second-order valence-electron chi connectivity index (χ2n) is 8.61. The van der Waals surface area contributed by atoms with Gasteiger partial charge in [-0.15, -0.1) is 0 Å². The van der Waals surface area contributed by atoms with Gasteiger partial charge in [0.1, 0.15) is 11.3 Å². The fraction of sp³-hybridized carbons (Fsp3) is 0.222. The van der Waals surface area contributed by atoms with Crippen LogP contribution in [0.15, 0.2) is 64.4 Å². The van der Waals surface area contributed by atoms with E-state index in [2.05, 4.69) is 11.5 Å². The molecule has 0 bridgehead atoms. The number of hydrogen-bond donors (Lipinski definition) is 0. The number of pyridine rings is 1. The summed E-state index contributed by atoms with van der Waals surface area (Å²) in [5.41, 5.74) is 6.33. The van der Waals surface area contributed by atoms with Gasteiger partial charge in [0, 0.05) is 23.3 Å². The molecule has 1 aliphatic rings. The second-order valence-corrected chi connectivity index (χ2v) is 10.5. The third kappa shape index (κ3) is 3.65. The Morgan fingerprint density at radius 1 is 1.03 bits per heavy atom. The Bertz CT molecular complexity index is 1630. The minimum absolute atomic E-state index is 0.119. The highest BCUT2D eigenvalue weighted by molar-refractivity contribution is 7.97. The summed E-state index contributed by atoms with van der Waals surface area (Å²) < 4.78 is 33.2. The zero-order valence-electron chi connectivity index (χ0n) is 20.0. The van der Waals surface area contributed by atoms with Crippen LogP contribution in [0.1, 0.15) is 40.7 Å². The molecule has 5 rings (SSSR count). The first-order valence-corrected chi connectivity index (χ1v) is 12.8. The van der Waals surface area contributed by atoms with Crippen molar-refractivity contribution in [3.63, 3.8) is 0 Å². The van der Waals surface area contributed by atoms with Crippen molar-refractivity contribution in [3.05, 3.63) is 93.3 Å². The first kappa shape index (κ1) is 23.0. The van der Waals surface area contributed by atoms with E-state index in [9.17, 15) is 13.2 Å². The maximum Gasteiger partial charge on any atom is 0.350 e. The molecule has 0 amide bonds. The molecule has 0 spiro atoms. The first-order valence-electron chi connectivity index (χ1n) is 11.4. The monoisotopic (exact) mass is 487 g/mol. The van der Waals surface area contributed by atoms with Crippen LogP contribution in [0.3, 0.4) is 0 Å². The van der Waals surface area contributed by atoms with Crippen molar-refractivity contribution in [2.45, 2.75) is 38.6 Å². The smallest absolute Gasteiger partial charge is 0.350 e. The number of benzene rings is 2. The van der Waals surface area contributed by atoms with Crippen LogP contribution >= 0.6 is 0 Å². The minimum Gasteiger partial charge on any atom is -0.465 e. The normalized spacial score (nSPS) is 14.4. The molecular weight excluding hydrogens is 462 g/mol. The molecule has 7 nitrogen and oxygen atoms in total. The summed E-state index contributed by atoms with van der Waals surface area (Å²) in [5, 5.41) is 0. The zero-order chi connectivity index (χ0) is 24.9. The van der Waals surface area contributed by atoms with Crippen LogP contribution < -0.4 is 0 Å². The fourth-order valence-corrected chi connectivity index (χ4v) is 6.45. The number of ether oxygens (including phenoxy) is 1. The Morgan fingerprint density at radius 3 is 2.43 bits per heavy atom. The quantitative estimate of drug-likeness (QED) is 0.388. The number of carbonyl (C=O) groups excluding carboxylic acids is 1. The zero-order valence-corrected chi connectivity index (χ0v) is 20.8. The van der Waals surface area contributed by atoms with E-state index in [0.717, 1.165) is 40.2 Å². The number of hydrogen-bond acceptors (Lipinski definition) is 6. The van der Waals surface area contributed by atoms with E-state index in [1.165, 1.54) is 13.2 Å². The van der Waals surface area contributed by atoms with Crippen LogP contribution in [0.5, 0.6) is 0 Å². The molecule has 0 fully saturated rings. The molecule has 0 N–H and O–H groups in total.